The molecule has 0 aromatic heterocycles. The Balaban J connectivity index is 1.26. The van der Waals surface area contributed by atoms with Crippen molar-refractivity contribution in [3.05, 3.63) is 29.8 Å². The molecule has 1 saturated carbocycles. The van der Waals surface area contributed by atoms with Crippen LogP contribution in [0.15, 0.2) is 24.3 Å². The largest absolute Gasteiger partial charge is 0.490 e. The fourth-order valence-corrected chi connectivity index (χ4v) is 4.69. The van der Waals surface area contributed by atoms with Gasteiger partial charge in [0.1, 0.15) is 11.9 Å². The molecular formula is C25H38N2O3. The van der Waals surface area contributed by atoms with Crippen molar-refractivity contribution in [1.82, 2.24) is 4.90 Å². The van der Waals surface area contributed by atoms with Gasteiger partial charge in [0.2, 0.25) is 0 Å². The van der Waals surface area contributed by atoms with Gasteiger partial charge in [-0.25, -0.2) is 0 Å². The smallest absolute Gasteiger partial charge is 0.119 e. The van der Waals surface area contributed by atoms with E-state index in [-0.39, 0.29) is 6.10 Å². The van der Waals surface area contributed by atoms with Crippen molar-refractivity contribution in [2.75, 3.05) is 33.4 Å². The molecule has 1 saturated heterocycles. The number of benzene rings is 1. The number of piperidine rings is 1. The van der Waals surface area contributed by atoms with Crippen LogP contribution >= 0.6 is 0 Å². The van der Waals surface area contributed by atoms with Crippen LogP contribution in [0.4, 0.5) is 0 Å². The highest BCUT2D eigenvalue weighted by atomic mass is 16.5. The first kappa shape index (κ1) is 23.1. The molecule has 1 aromatic rings. The molecule has 0 amide bonds. The minimum atomic E-state index is 0.290. The van der Waals surface area contributed by atoms with Crippen molar-refractivity contribution in [1.29, 1.82) is 5.26 Å². The van der Waals surface area contributed by atoms with E-state index in [1.807, 2.05) is 24.3 Å². The zero-order chi connectivity index (χ0) is 21.0. The summed E-state index contributed by atoms with van der Waals surface area (Å²) < 4.78 is 17.4. The van der Waals surface area contributed by atoms with Crippen LogP contribution in [0.2, 0.25) is 0 Å². The molecule has 3 rings (SSSR count). The van der Waals surface area contributed by atoms with Gasteiger partial charge in [0.15, 0.2) is 0 Å². The Morgan fingerprint density at radius 1 is 0.867 bits per heavy atom. The zero-order valence-corrected chi connectivity index (χ0v) is 18.6. The second-order valence-corrected chi connectivity index (χ2v) is 8.70. The normalized spacial score (nSPS) is 23.2. The maximum atomic E-state index is 8.90. The molecule has 0 N–H and O–H groups in total. The number of rotatable bonds is 11. The van der Waals surface area contributed by atoms with E-state index in [0.717, 1.165) is 57.4 Å². The molecule has 1 heterocycles. The van der Waals surface area contributed by atoms with Gasteiger partial charge in [-0.05, 0) is 75.6 Å². The first-order valence-corrected chi connectivity index (χ1v) is 11.8. The standard InChI is InChI=1S/C25H38N2O3/c1-28-18-4-2-3-5-19-29-23-12-8-22(9-13-23)27-16-14-25(15-17-27)30-24-10-6-21(20-26)7-11-24/h6-7,10-11,22-23,25H,2-5,8-9,12-19H2,1H3. The SMILES string of the molecule is COCCCCCCOC1CCC(N2CCC(Oc3ccc(C#N)cc3)CC2)CC1. The van der Waals surface area contributed by atoms with Gasteiger partial charge in [0, 0.05) is 39.5 Å². The highest BCUT2D eigenvalue weighted by Crippen LogP contribution is 2.28. The maximum absolute atomic E-state index is 8.90. The van der Waals surface area contributed by atoms with Gasteiger partial charge in [-0.3, -0.25) is 0 Å². The van der Waals surface area contributed by atoms with Crippen molar-refractivity contribution < 1.29 is 14.2 Å². The Bertz CT molecular complexity index is 627. The molecule has 0 spiro atoms. The topological polar surface area (TPSA) is 54.7 Å². The Hall–Kier alpha value is -1.61. The molecule has 5 heteroatoms. The van der Waals surface area contributed by atoms with E-state index < -0.39 is 0 Å². The van der Waals surface area contributed by atoms with Crippen LogP contribution in [0.3, 0.4) is 0 Å². The molecule has 1 aromatic carbocycles. The van der Waals surface area contributed by atoms with Crippen LogP contribution in [0.5, 0.6) is 5.75 Å². The number of hydrogen-bond acceptors (Lipinski definition) is 5. The summed E-state index contributed by atoms with van der Waals surface area (Å²) in [6.07, 6.45) is 12.7. The van der Waals surface area contributed by atoms with Crippen molar-refractivity contribution in [2.45, 2.75) is 82.5 Å². The van der Waals surface area contributed by atoms with Crippen LogP contribution in [-0.2, 0) is 9.47 Å². The van der Waals surface area contributed by atoms with E-state index in [9.17, 15) is 0 Å². The van der Waals surface area contributed by atoms with Crippen molar-refractivity contribution >= 4 is 0 Å². The average molecular weight is 415 g/mol. The van der Waals surface area contributed by atoms with Crippen LogP contribution in [-0.4, -0.2) is 56.6 Å². The number of likely N-dealkylation sites (tertiary alicyclic amines) is 1. The lowest BCUT2D eigenvalue weighted by Crippen LogP contribution is -2.46. The summed E-state index contributed by atoms with van der Waals surface area (Å²) in [5, 5.41) is 8.90. The number of hydrogen-bond donors (Lipinski definition) is 0. The van der Waals surface area contributed by atoms with Gasteiger partial charge in [0.05, 0.1) is 17.7 Å². The summed E-state index contributed by atoms with van der Waals surface area (Å²) in [6.45, 7) is 4.04. The lowest BCUT2D eigenvalue weighted by atomic mass is 9.90. The first-order chi connectivity index (χ1) is 14.8. The molecular weight excluding hydrogens is 376 g/mol. The summed E-state index contributed by atoms with van der Waals surface area (Å²) in [5.74, 6) is 0.879. The van der Waals surface area contributed by atoms with Gasteiger partial charge in [0.25, 0.3) is 0 Å². The van der Waals surface area contributed by atoms with E-state index in [1.54, 1.807) is 7.11 Å². The van der Waals surface area contributed by atoms with Crippen molar-refractivity contribution in [3.63, 3.8) is 0 Å². The van der Waals surface area contributed by atoms with Crippen LogP contribution < -0.4 is 4.74 Å². The van der Waals surface area contributed by atoms with E-state index >= 15 is 0 Å². The van der Waals surface area contributed by atoms with Gasteiger partial charge in [-0.15, -0.1) is 0 Å². The maximum Gasteiger partial charge on any atom is 0.119 e. The third kappa shape index (κ3) is 7.58. The van der Waals surface area contributed by atoms with E-state index in [0.29, 0.717) is 11.7 Å². The predicted molar refractivity (Wildman–Crippen MR) is 119 cm³/mol. The van der Waals surface area contributed by atoms with Gasteiger partial charge in [-0.1, -0.05) is 12.8 Å². The molecule has 5 nitrogen and oxygen atoms in total. The summed E-state index contributed by atoms with van der Waals surface area (Å²) in [7, 11) is 1.77. The molecule has 0 radical (unpaired) electrons. The molecule has 1 aliphatic heterocycles. The molecule has 0 atom stereocenters. The molecule has 2 fully saturated rings. The van der Waals surface area contributed by atoms with E-state index in [1.165, 1.54) is 44.9 Å². The number of ether oxygens (including phenoxy) is 3. The third-order valence-electron chi connectivity index (χ3n) is 6.52. The van der Waals surface area contributed by atoms with E-state index in [2.05, 4.69) is 11.0 Å². The number of nitrogens with zero attached hydrogens (tertiary/aromatic N) is 2. The number of unbranched alkanes of at least 4 members (excludes halogenated alkanes) is 3. The fraction of sp³-hybridized carbons (Fsp3) is 0.720. The lowest BCUT2D eigenvalue weighted by Gasteiger charge is -2.40. The van der Waals surface area contributed by atoms with E-state index in [4.69, 9.17) is 19.5 Å². The Morgan fingerprint density at radius 2 is 1.53 bits per heavy atom. The average Bonchev–Trinajstić information content (AvgIpc) is 2.80. The molecule has 166 valence electrons. The number of methoxy groups -OCH3 is 1. The van der Waals surface area contributed by atoms with Crippen LogP contribution in [0, 0.1) is 11.3 Å². The predicted octanol–water partition coefficient (Wildman–Crippen LogP) is 4.94. The molecule has 30 heavy (non-hydrogen) atoms. The summed E-state index contributed by atoms with van der Waals surface area (Å²) in [5.41, 5.74) is 0.679. The summed E-state index contributed by atoms with van der Waals surface area (Å²) in [6, 6.07) is 10.3. The highest BCUT2D eigenvalue weighted by molar-refractivity contribution is 5.34. The van der Waals surface area contributed by atoms with Crippen molar-refractivity contribution in [2.24, 2.45) is 0 Å². The Morgan fingerprint density at radius 3 is 2.17 bits per heavy atom. The highest BCUT2D eigenvalue weighted by Gasteiger charge is 2.29. The lowest BCUT2D eigenvalue weighted by molar-refractivity contribution is -0.00422. The molecule has 0 bridgehead atoms. The molecule has 0 unspecified atom stereocenters. The van der Waals surface area contributed by atoms with Gasteiger partial charge >= 0.3 is 0 Å². The van der Waals surface area contributed by atoms with Gasteiger partial charge < -0.3 is 19.1 Å². The molecule has 2 aliphatic rings. The van der Waals surface area contributed by atoms with Crippen molar-refractivity contribution in [3.8, 4) is 11.8 Å². The third-order valence-corrected chi connectivity index (χ3v) is 6.52. The van der Waals surface area contributed by atoms with Gasteiger partial charge in [-0.2, -0.15) is 5.26 Å². The first-order valence-electron chi connectivity index (χ1n) is 11.8. The monoisotopic (exact) mass is 414 g/mol. The Labute approximate surface area is 182 Å². The minimum absolute atomic E-state index is 0.290. The second-order valence-electron chi connectivity index (χ2n) is 8.70. The second kappa shape index (κ2) is 12.9. The summed E-state index contributed by atoms with van der Waals surface area (Å²) in [4.78, 5) is 2.67. The number of nitriles is 1. The quantitative estimate of drug-likeness (QED) is 0.480. The van der Waals surface area contributed by atoms with Crippen LogP contribution in [0.1, 0.15) is 69.8 Å². The fourth-order valence-electron chi connectivity index (χ4n) is 4.69. The van der Waals surface area contributed by atoms with Crippen LogP contribution in [0.25, 0.3) is 0 Å². The Kier molecular flexibility index (Phi) is 9.95. The summed E-state index contributed by atoms with van der Waals surface area (Å²) >= 11 is 0. The zero-order valence-electron chi connectivity index (χ0n) is 18.6. The molecule has 1 aliphatic carbocycles. The minimum Gasteiger partial charge on any atom is -0.490 e.